The summed E-state index contributed by atoms with van der Waals surface area (Å²) in [6.07, 6.45) is -2.04. The molecule has 3 aromatic rings. The lowest BCUT2D eigenvalue weighted by Gasteiger charge is -2.28. The molecule has 240 valence electrons. The van der Waals surface area contributed by atoms with Crippen molar-refractivity contribution in [2.45, 2.75) is 38.1 Å². The van der Waals surface area contributed by atoms with Gasteiger partial charge in [-0.15, -0.1) is 0 Å². The highest BCUT2D eigenvalue weighted by Gasteiger charge is 2.38. The van der Waals surface area contributed by atoms with Crippen LogP contribution in [0.1, 0.15) is 34.5 Å². The van der Waals surface area contributed by atoms with E-state index in [4.69, 9.17) is 14.6 Å². The zero-order valence-corrected chi connectivity index (χ0v) is 24.5. The first kappa shape index (κ1) is 35.9. The lowest BCUT2D eigenvalue weighted by atomic mass is 10.0. The third-order valence-electron chi connectivity index (χ3n) is 6.44. The second-order valence-corrected chi connectivity index (χ2v) is 9.83. The highest BCUT2D eigenvalue weighted by molar-refractivity contribution is 5.92. The van der Waals surface area contributed by atoms with Gasteiger partial charge in [-0.1, -0.05) is 60.7 Å². The van der Waals surface area contributed by atoms with Crippen LogP contribution in [-0.2, 0) is 27.4 Å². The fourth-order valence-electron chi connectivity index (χ4n) is 4.06. The number of hydrogen-bond acceptors (Lipinski definition) is 6. The topological polar surface area (TPSA) is 128 Å². The van der Waals surface area contributed by atoms with Crippen LogP contribution in [0.5, 0.6) is 0 Å². The molecular formula is C30H37F4N5O5. The van der Waals surface area contributed by atoms with E-state index in [1.54, 1.807) is 7.05 Å². The van der Waals surface area contributed by atoms with Gasteiger partial charge in [0.25, 0.3) is 5.91 Å². The number of aromatic nitrogens is 2. The van der Waals surface area contributed by atoms with Crippen molar-refractivity contribution in [1.29, 1.82) is 0 Å². The molecule has 0 aliphatic rings. The normalized spacial score (nSPS) is 11.8. The molecule has 10 nitrogen and oxygen atoms in total. The van der Waals surface area contributed by atoms with E-state index in [1.165, 1.54) is 10.5 Å². The molecule has 2 amide bonds. The Hall–Kier alpha value is -4.30. The largest absolute Gasteiger partial charge is 0.490 e. The van der Waals surface area contributed by atoms with Gasteiger partial charge in [0.2, 0.25) is 5.91 Å². The molecule has 0 aliphatic heterocycles. The average molecular weight is 624 g/mol. The first-order valence-corrected chi connectivity index (χ1v) is 13.8. The maximum Gasteiger partial charge on any atom is 0.490 e. The average Bonchev–Trinajstić information content (AvgIpc) is 3.43. The van der Waals surface area contributed by atoms with Crippen molar-refractivity contribution >= 4 is 17.8 Å². The van der Waals surface area contributed by atoms with Gasteiger partial charge in [0.05, 0.1) is 25.5 Å². The number of aromatic amines is 1. The van der Waals surface area contributed by atoms with Gasteiger partial charge in [-0.2, -0.15) is 18.3 Å². The number of nitrogens with zero attached hydrogens (tertiary/aromatic N) is 3. The second-order valence-electron chi connectivity index (χ2n) is 9.83. The Kier molecular flexibility index (Phi) is 15.0. The monoisotopic (exact) mass is 623 g/mol. The predicted octanol–water partition coefficient (Wildman–Crippen LogP) is 3.91. The lowest BCUT2D eigenvalue weighted by Crippen LogP contribution is -2.47. The molecule has 0 saturated carbocycles. The number of carbonyl (C=O) groups excluding carboxylic acids is 2. The Labute approximate surface area is 253 Å². The van der Waals surface area contributed by atoms with Crippen LogP contribution in [0.3, 0.4) is 0 Å². The smallest absolute Gasteiger partial charge is 0.475 e. The molecule has 3 N–H and O–H groups in total. The number of alkyl halides is 3. The van der Waals surface area contributed by atoms with Crippen molar-refractivity contribution in [3.63, 3.8) is 0 Å². The number of aliphatic carboxylic acids is 1. The lowest BCUT2D eigenvalue weighted by molar-refractivity contribution is -0.192. The number of benzene rings is 2. The van der Waals surface area contributed by atoms with Gasteiger partial charge in [0, 0.05) is 26.7 Å². The third kappa shape index (κ3) is 12.9. The molecule has 0 aliphatic carbocycles. The van der Waals surface area contributed by atoms with Crippen molar-refractivity contribution < 1.29 is 41.8 Å². The Bertz CT molecular complexity index is 1290. The van der Waals surface area contributed by atoms with Crippen LogP contribution in [0.15, 0.2) is 66.9 Å². The number of hydrogen-bond donors (Lipinski definition) is 3. The minimum absolute atomic E-state index is 0.0503. The van der Waals surface area contributed by atoms with Crippen molar-refractivity contribution in [2.24, 2.45) is 0 Å². The number of carboxylic acids is 1. The van der Waals surface area contributed by atoms with Crippen LogP contribution in [0.25, 0.3) is 0 Å². The summed E-state index contributed by atoms with van der Waals surface area (Å²) in [4.78, 5) is 37.9. The van der Waals surface area contributed by atoms with E-state index in [0.29, 0.717) is 45.7 Å². The van der Waals surface area contributed by atoms with Gasteiger partial charge >= 0.3 is 12.1 Å². The molecule has 1 heterocycles. The summed E-state index contributed by atoms with van der Waals surface area (Å²) in [6, 6.07) is 19.7. The van der Waals surface area contributed by atoms with E-state index in [0.717, 1.165) is 18.2 Å². The Morgan fingerprint density at radius 3 is 2.14 bits per heavy atom. The van der Waals surface area contributed by atoms with Crippen LogP contribution in [0, 0.1) is 5.82 Å². The van der Waals surface area contributed by atoms with Gasteiger partial charge < -0.3 is 20.1 Å². The highest BCUT2D eigenvalue weighted by atomic mass is 19.4. The first-order valence-electron chi connectivity index (χ1n) is 13.8. The minimum Gasteiger partial charge on any atom is -0.475 e. The van der Waals surface area contributed by atoms with E-state index in [-0.39, 0.29) is 17.6 Å². The van der Waals surface area contributed by atoms with Crippen molar-refractivity contribution in [3.8, 4) is 0 Å². The van der Waals surface area contributed by atoms with E-state index < -0.39 is 23.9 Å². The highest BCUT2D eigenvalue weighted by Crippen LogP contribution is 2.13. The molecule has 0 saturated heterocycles. The van der Waals surface area contributed by atoms with E-state index in [9.17, 15) is 27.2 Å². The van der Waals surface area contributed by atoms with Gasteiger partial charge in [0.15, 0.2) is 11.5 Å². The Morgan fingerprint density at radius 2 is 1.59 bits per heavy atom. The molecule has 0 radical (unpaired) electrons. The van der Waals surface area contributed by atoms with Gasteiger partial charge in [-0.3, -0.25) is 19.6 Å². The molecule has 14 heteroatoms. The van der Waals surface area contributed by atoms with Crippen LogP contribution in [0.4, 0.5) is 17.6 Å². The molecule has 1 atom stereocenters. The van der Waals surface area contributed by atoms with Gasteiger partial charge in [-0.05, 0) is 37.4 Å². The zero-order chi connectivity index (χ0) is 32.5. The van der Waals surface area contributed by atoms with Crippen LogP contribution in [-0.4, -0.2) is 95.4 Å². The van der Waals surface area contributed by atoms with Gasteiger partial charge in [-0.25, -0.2) is 9.18 Å². The number of aryl methyl sites for hydroxylation is 1. The molecule has 0 fully saturated rings. The Balaban J connectivity index is 0.000000860. The van der Waals surface area contributed by atoms with Crippen molar-refractivity contribution in [1.82, 2.24) is 25.3 Å². The molecule has 1 unspecified atom stereocenters. The molecular weight excluding hydrogens is 586 g/mol. The number of halogens is 4. The van der Waals surface area contributed by atoms with E-state index in [2.05, 4.69) is 27.6 Å². The fourth-order valence-corrected chi connectivity index (χ4v) is 4.06. The molecule has 0 spiro atoms. The third-order valence-corrected chi connectivity index (χ3v) is 6.44. The number of amides is 2. The summed E-state index contributed by atoms with van der Waals surface area (Å²) in [5, 5.41) is 16.1. The number of carboxylic acid groups (broad SMARTS) is 1. The van der Waals surface area contributed by atoms with E-state index >= 15 is 0 Å². The summed E-state index contributed by atoms with van der Waals surface area (Å²) >= 11 is 0. The number of nitrogens with one attached hydrogen (secondary N) is 2. The number of ether oxygens (including phenoxy) is 1. The van der Waals surface area contributed by atoms with Gasteiger partial charge in [0.1, 0.15) is 0 Å². The van der Waals surface area contributed by atoms with Crippen LogP contribution >= 0.6 is 0 Å². The van der Waals surface area contributed by atoms with Crippen molar-refractivity contribution in [2.75, 3.05) is 40.3 Å². The van der Waals surface area contributed by atoms with Crippen LogP contribution in [0.2, 0.25) is 0 Å². The zero-order valence-electron chi connectivity index (χ0n) is 24.5. The maximum atomic E-state index is 13.7. The summed E-state index contributed by atoms with van der Waals surface area (Å²) in [5.41, 5.74) is 2.12. The van der Waals surface area contributed by atoms with Crippen molar-refractivity contribution in [3.05, 3.63) is 89.5 Å². The number of carbonyl (C=O) groups is 3. The number of rotatable bonds is 15. The van der Waals surface area contributed by atoms with E-state index in [1.807, 2.05) is 60.5 Å². The number of H-pyrrole nitrogens is 1. The SMILES string of the molecule is CN(CCCN(C)C(CCc1ccccc1)C(=O)NCCOCc1ccccc1)C(=O)c1[nH]ncc1F.O=C(O)C(F)(F)F. The predicted molar refractivity (Wildman–Crippen MR) is 154 cm³/mol. The molecule has 3 rings (SSSR count). The summed E-state index contributed by atoms with van der Waals surface area (Å²) in [7, 11) is 3.54. The molecule has 44 heavy (non-hydrogen) atoms. The summed E-state index contributed by atoms with van der Waals surface area (Å²) in [5.74, 6) is -3.93. The molecule has 0 bridgehead atoms. The summed E-state index contributed by atoms with van der Waals surface area (Å²) in [6.45, 7) is 2.37. The Morgan fingerprint density at radius 1 is 1.00 bits per heavy atom. The molecule has 1 aromatic heterocycles. The number of likely N-dealkylation sites (N-methyl/N-ethyl adjacent to an activating group) is 1. The second kappa shape index (κ2) is 18.4. The fraction of sp³-hybridized carbons (Fsp3) is 0.400. The summed E-state index contributed by atoms with van der Waals surface area (Å²) < 4.78 is 51.1. The maximum absolute atomic E-state index is 13.7. The van der Waals surface area contributed by atoms with Crippen LogP contribution < -0.4 is 5.32 Å². The minimum atomic E-state index is -5.08. The molecule has 2 aromatic carbocycles. The standard InChI is InChI=1S/C28H36FN5O3.C2HF3O2/c1-33(17-9-18-34(2)28(36)26-24(29)20-31-32-26)25(15-14-22-10-5-3-6-11-22)27(35)30-16-19-37-21-23-12-7-4-8-13-23;3-2(4,5)1(6)7/h3-8,10-13,20,25H,9,14-19,21H2,1-2H3,(H,30,35)(H,31,32);(H,6,7). The first-order chi connectivity index (χ1) is 20.9. The quantitative estimate of drug-likeness (QED) is 0.173.